The fourth-order valence-corrected chi connectivity index (χ4v) is 1.60. The molecule has 4 nitrogen and oxygen atoms in total. The molecule has 1 aromatic heterocycles. The van der Waals surface area contributed by atoms with Crippen LogP contribution >= 0.6 is 0 Å². The molecule has 0 bridgehead atoms. The van der Waals surface area contributed by atoms with Crippen LogP contribution in [0.4, 0.5) is 0 Å². The Bertz CT molecular complexity index is 462. The van der Waals surface area contributed by atoms with E-state index in [2.05, 4.69) is 17.3 Å². The number of methoxy groups -OCH3 is 1. The Morgan fingerprint density at radius 3 is 2.71 bits per heavy atom. The zero-order valence-electron chi connectivity index (χ0n) is 10.2. The first kappa shape index (κ1) is 11.7. The fraction of sp³-hybridized carbons (Fsp3) is 0.308. The second-order valence-electron chi connectivity index (χ2n) is 3.77. The first-order chi connectivity index (χ1) is 8.33. The van der Waals surface area contributed by atoms with Crippen molar-refractivity contribution < 1.29 is 4.74 Å². The first-order valence-corrected chi connectivity index (χ1v) is 5.72. The molecular formula is C13H17N3O. The summed E-state index contributed by atoms with van der Waals surface area (Å²) in [4.78, 5) is 0. The van der Waals surface area contributed by atoms with Crippen molar-refractivity contribution in [3.63, 3.8) is 0 Å². The number of nitrogens with one attached hydrogen (secondary N) is 1. The van der Waals surface area contributed by atoms with E-state index in [0.29, 0.717) is 0 Å². The van der Waals surface area contributed by atoms with Gasteiger partial charge in [0.25, 0.3) is 0 Å². The van der Waals surface area contributed by atoms with E-state index < -0.39 is 0 Å². The van der Waals surface area contributed by atoms with E-state index in [9.17, 15) is 0 Å². The summed E-state index contributed by atoms with van der Waals surface area (Å²) < 4.78 is 6.99. The predicted molar refractivity (Wildman–Crippen MR) is 67.5 cm³/mol. The van der Waals surface area contributed by atoms with Gasteiger partial charge in [-0.15, -0.1) is 0 Å². The van der Waals surface area contributed by atoms with Gasteiger partial charge in [-0.2, -0.15) is 5.10 Å². The van der Waals surface area contributed by atoms with Crippen LogP contribution < -0.4 is 10.1 Å². The van der Waals surface area contributed by atoms with Crippen LogP contribution in [0.15, 0.2) is 36.7 Å². The lowest BCUT2D eigenvalue weighted by molar-refractivity contribution is 0.414. The van der Waals surface area contributed by atoms with Crippen LogP contribution in [-0.4, -0.2) is 23.4 Å². The maximum Gasteiger partial charge on any atom is 0.119 e. The van der Waals surface area contributed by atoms with E-state index in [1.807, 2.05) is 41.3 Å². The zero-order valence-corrected chi connectivity index (χ0v) is 10.2. The molecule has 0 aliphatic carbocycles. The third-order valence-electron chi connectivity index (χ3n) is 2.55. The molecule has 90 valence electrons. The number of rotatable bonds is 5. The highest BCUT2D eigenvalue weighted by atomic mass is 16.5. The summed E-state index contributed by atoms with van der Waals surface area (Å²) in [6, 6.07) is 7.84. The van der Waals surface area contributed by atoms with Crippen molar-refractivity contribution in [2.75, 3.05) is 13.7 Å². The summed E-state index contributed by atoms with van der Waals surface area (Å²) in [5.74, 6) is 0.855. The molecule has 0 saturated heterocycles. The molecule has 0 fully saturated rings. The van der Waals surface area contributed by atoms with Crippen LogP contribution in [-0.2, 0) is 6.54 Å². The van der Waals surface area contributed by atoms with Crippen LogP contribution in [0, 0.1) is 0 Å². The Kier molecular flexibility index (Phi) is 3.77. The Balaban J connectivity index is 2.12. The summed E-state index contributed by atoms with van der Waals surface area (Å²) in [5, 5.41) is 7.60. The van der Waals surface area contributed by atoms with E-state index in [4.69, 9.17) is 4.74 Å². The van der Waals surface area contributed by atoms with Gasteiger partial charge in [0.1, 0.15) is 5.75 Å². The SMILES string of the molecule is CCNCc1cnn(-c2ccc(OC)cc2)c1. The van der Waals surface area contributed by atoms with E-state index in [1.54, 1.807) is 7.11 Å². The van der Waals surface area contributed by atoms with Crippen LogP contribution in [0.1, 0.15) is 12.5 Å². The molecule has 0 spiro atoms. The molecule has 1 N–H and O–H groups in total. The molecule has 17 heavy (non-hydrogen) atoms. The molecule has 2 rings (SSSR count). The lowest BCUT2D eigenvalue weighted by Crippen LogP contribution is -2.10. The quantitative estimate of drug-likeness (QED) is 0.855. The highest BCUT2D eigenvalue weighted by Crippen LogP contribution is 2.14. The number of benzene rings is 1. The minimum Gasteiger partial charge on any atom is -0.497 e. The van der Waals surface area contributed by atoms with Crippen molar-refractivity contribution in [2.45, 2.75) is 13.5 Å². The van der Waals surface area contributed by atoms with Gasteiger partial charge >= 0.3 is 0 Å². The van der Waals surface area contributed by atoms with Crippen LogP contribution in [0.2, 0.25) is 0 Å². The minimum absolute atomic E-state index is 0.854. The molecule has 1 aromatic carbocycles. The summed E-state index contributed by atoms with van der Waals surface area (Å²) in [5.41, 5.74) is 2.22. The van der Waals surface area contributed by atoms with E-state index in [0.717, 1.165) is 24.5 Å². The summed E-state index contributed by atoms with van der Waals surface area (Å²) in [7, 11) is 1.66. The molecule has 0 unspecified atom stereocenters. The lowest BCUT2D eigenvalue weighted by Gasteiger charge is -2.03. The second-order valence-corrected chi connectivity index (χ2v) is 3.77. The normalized spacial score (nSPS) is 10.5. The average Bonchev–Trinajstić information content (AvgIpc) is 2.85. The van der Waals surface area contributed by atoms with Gasteiger partial charge in [0.2, 0.25) is 0 Å². The monoisotopic (exact) mass is 231 g/mol. The maximum atomic E-state index is 5.12. The lowest BCUT2D eigenvalue weighted by atomic mass is 10.3. The smallest absolute Gasteiger partial charge is 0.119 e. The standard InChI is InChI=1S/C13H17N3O/c1-3-14-8-11-9-15-16(10-11)12-4-6-13(17-2)7-5-12/h4-7,9-10,14H,3,8H2,1-2H3. The maximum absolute atomic E-state index is 5.12. The molecule has 1 heterocycles. The summed E-state index contributed by atoms with van der Waals surface area (Å²) in [6.45, 7) is 3.91. The van der Waals surface area contributed by atoms with Crippen molar-refractivity contribution in [3.05, 3.63) is 42.2 Å². The van der Waals surface area contributed by atoms with Gasteiger partial charge in [0.05, 0.1) is 19.0 Å². The molecule has 0 aliphatic heterocycles. The van der Waals surface area contributed by atoms with E-state index in [-0.39, 0.29) is 0 Å². The summed E-state index contributed by atoms with van der Waals surface area (Å²) in [6.07, 6.45) is 3.91. The summed E-state index contributed by atoms with van der Waals surface area (Å²) >= 11 is 0. The largest absolute Gasteiger partial charge is 0.497 e. The Morgan fingerprint density at radius 2 is 2.06 bits per heavy atom. The molecule has 0 saturated carbocycles. The molecule has 2 aromatic rings. The number of ether oxygens (including phenoxy) is 1. The van der Waals surface area contributed by atoms with E-state index >= 15 is 0 Å². The van der Waals surface area contributed by atoms with Crippen molar-refractivity contribution in [1.82, 2.24) is 15.1 Å². The van der Waals surface area contributed by atoms with Crippen molar-refractivity contribution in [3.8, 4) is 11.4 Å². The molecule has 4 heteroatoms. The minimum atomic E-state index is 0.854. The highest BCUT2D eigenvalue weighted by molar-refractivity contribution is 5.37. The molecule has 0 radical (unpaired) electrons. The molecule has 0 aliphatic rings. The Hall–Kier alpha value is -1.81. The third kappa shape index (κ3) is 2.85. The van der Waals surface area contributed by atoms with Gasteiger partial charge in [0, 0.05) is 18.3 Å². The van der Waals surface area contributed by atoms with Crippen molar-refractivity contribution >= 4 is 0 Å². The zero-order chi connectivity index (χ0) is 12.1. The van der Waals surface area contributed by atoms with E-state index in [1.165, 1.54) is 5.56 Å². The molecule has 0 atom stereocenters. The van der Waals surface area contributed by atoms with Crippen molar-refractivity contribution in [1.29, 1.82) is 0 Å². The predicted octanol–water partition coefficient (Wildman–Crippen LogP) is 1.99. The molecule has 0 amide bonds. The van der Waals surface area contributed by atoms with Gasteiger partial charge in [0.15, 0.2) is 0 Å². The van der Waals surface area contributed by atoms with Gasteiger partial charge < -0.3 is 10.1 Å². The third-order valence-corrected chi connectivity index (χ3v) is 2.55. The average molecular weight is 231 g/mol. The number of hydrogen-bond acceptors (Lipinski definition) is 3. The van der Waals surface area contributed by atoms with Crippen LogP contribution in [0.3, 0.4) is 0 Å². The second kappa shape index (κ2) is 5.50. The topological polar surface area (TPSA) is 39.1 Å². The number of nitrogens with zero attached hydrogens (tertiary/aromatic N) is 2. The first-order valence-electron chi connectivity index (χ1n) is 5.72. The highest BCUT2D eigenvalue weighted by Gasteiger charge is 2.00. The fourth-order valence-electron chi connectivity index (χ4n) is 1.60. The van der Waals surface area contributed by atoms with Crippen LogP contribution in [0.5, 0.6) is 5.75 Å². The van der Waals surface area contributed by atoms with Gasteiger partial charge in [-0.3, -0.25) is 0 Å². The van der Waals surface area contributed by atoms with Crippen LogP contribution in [0.25, 0.3) is 5.69 Å². The Morgan fingerprint density at radius 1 is 1.29 bits per heavy atom. The Labute approximate surface area is 101 Å². The van der Waals surface area contributed by atoms with Gasteiger partial charge in [-0.1, -0.05) is 6.92 Å². The number of hydrogen-bond donors (Lipinski definition) is 1. The number of aromatic nitrogens is 2. The molecular weight excluding hydrogens is 214 g/mol. The van der Waals surface area contributed by atoms with Gasteiger partial charge in [-0.25, -0.2) is 4.68 Å². The van der Waals surface area contributed by atoms with Gasteiger partial charge in [-0.05, 0) is 30.8 Å². The van der Waals surface area contributed by atoms with Crippen molar-refractivity contribution in [2.24, 2.45) is 0 Å².